The minimum Gasteiger partial charge on any atom is -0.454 e. The van der Waals surface area contributed by atoms with E-state index in [2.05, 4.69) is 21.7 Å². The monoisotopic (exact) mass is 391 g/mol. The number of fused-ring (bicyclic) bond motifs is 1. The minimum absolute atomic E-state index is 0.207. The SMILES string of the molecule is O=C(NCCn1nc(-c2ccccn2)cc1C1CC1)Nc1ccc2c(c1)OCO2. The summed E-state index contributed by atoms with van der Waals surface area (Å²) in [4.78, 5) is 16.6. The number of hydrogen-bond donors (Lipinski definition) is 2. The summed E-state index contributed by atoms with van der Waals surface area (Å²) in [7, 11) is 0. The summed E-state index contributed by atoms with van der Waals surface area (Å²) < 4.78 is 12.6. The summed E-state index contributed by atoms with van der Waals surface area (Å²) in [5, 5.41) is 10.4. The predicted molar refractivity (Wildman–Crippen MR) is 107 cm³/mol. The number of ether oxygens (including phenoxy) is 2. The van der Waals surface area contributed by atoms with Gasteiger partial charge < -0.3 is 20.1 Å². The third kappa shape index (κ3) is 3.87. The van der Waals surface area contributed by atoms with Crippen LogP contribution in [0, 0.1) is 0 Å². The fourth-order valence-corrected chi connectivity index (χ4v) is 3.38. The molecule has 0 atom stereocenters. The normalized spacial score (nSPS) is 14.6. The molecule has 1 fully saturated rings. The van der Waals surface area contributed by atoms with Crippen LogP contribution in [0.2, 0.25) is 0 Å². The van der Waals surface area contributed by atoms with Gasteiger partial charge in [-0.05, 0) is 43.2 Å². The van der Waals surface area contributed by atoms with Crippen molar-refractivity contribution in [1.82, 2.24) is 20.1 Å². The standard InChI is InChI=1S/C21H21N5O3/c27-21(24-15-6-7-19-20(11-15)29-13-28-19)23-9-10-26-18(14-4-5-14)12-17(25-26)16-3-1-2-8-22-16/h1-3,6-8,11-12,14H,4-5,9-10,13H2,(H2,23,24,27). The summed E-state index contributed by atoms with van der Waals surface area (Å²) in [5.74, 6) is 1.88. The first-order valence-electron chi connectivity index (χ1n) is 9.70. The summed E-state index contributed by atoms with van der Waals surface area (Å²) in [6, 6.07) is 13.0. The van der Waals surface area contributed by atoms with Crippen LogP contribution in [0.4, 0.5) is 10.5 Å². The van der Waals surface area contributed by atoms with E-state index in [-0.39, 0.29) is 12.8 Å². The number of carbonyl (C=O) groups excluding carboxylic acids is 1. The van der Waals surface area contributed by atoms with Crippen LogP contribution < -0.4 is 20.1 Å². The van der Waals surface area contributed by atoms with Gasteiger partial charge in [-0.1, -0.05) is 6.07 Å². The first kappa shape index (κ1) is 17.5. The molecule has 1 aromatic carbocycles. The van der Waals surface area contributed by atoms with Gasteiger partial charge in [0.15, 0.2) is 11.5 Å². The van der Waals surface area contributed by atoms with Gasteiger partial charge in [-0.15, -0.1) is 0 Å². The number of carbonyl (C=O) groups is 1. The van der Waals surface area contributed by atoms with Crippen LogP contribution in [0.25, 0.3) is 11.4 Å². The second-order valence-electron chi connectivity index (χ2n) is 7.12. The van der Waals surface area contributed by atoms with Gasteiger partial charge in [-0.25, -0.2) is 4.79 Å². The zero-order valence-electron chi connectivity index (χ0n) is 15.8. The molecule has 8 nitrogen and oxygen atoms in total. The van der Waals surface area contributed by atoms with E-state index in [1.165, 1.54) is 18.5 Å². The van der Waals surface area contributed by atoms with Crippen LogP contribution in [0.3, 0.4) is 0 Å². The first-order chi connectivity index (χ1) is 14.3. The van der Waals surface area contributed by atoms with Gasteiger partial charge in [0.1, 0.15) is 5.69 Å². The van der Waals surface area contributed by atoms with E-state index in [1.807, 2.05) is 22.9 Å². The number of pyridine rings is 1. The van der Waals surface area contributed by atoms with Crippen molar-refractivity contribution in [3.05, 3.63) is 54.4 Å². The Labute approximate surface area is 167 Å². The van der Waals surface area contributed by atoms with E-state index in [9.17, 15) is 4.79 Å². The third-order valence-electron chi connectivity index (χ3n) is 4.97. The lowest BCUT2D eigenvalue weighted by Gasteiger charge is -2.10. The topological polar surface area (TPSA) is 90.3 Å². The molecule has 8 heteroatoms. The van der Waals surface area contributed by atoms with Gasteiger partial charge >= 0.3 is 6.03 Å². The second kappa shape index (κ2) is 7.46. The van der Waals surface area contributed by atoms with E-state index in [1.54, 1.807) is 24.4 Å². The largest absolute Gasteiger partial charge is 0.454 e. The van der Waals surface area contributed by atoms with Crippen LogP contribution in [0.1, 0.15) is 24.5 Å². The van der Waals surface area contributed by atoms with E-state index in [0.29, 0.717) is 36.2 Å². The zero-order valence-corrected chi connectivity index (χ0v) is 15.8. The number of amides is 2. The Morgan fingerprint density at radius 3 is 2.83 bits per heavy atom. The van der Waals surface area contributed by atoms with E-state index < -0.39 is 0 Å². The molecular weight excluding hydrogens is 370 g/mol. The Morgan fingerprint density at radius 1 is 1.10 bits per heavy atom. The Hall–Kier alpha value is -3.55. The molecule has 3 heterocycles. The molecule has 1 saturated carbocycles. The van der Waals surface area contributed by atoms with Crippen molar-refractivity contribution >= 4 is 11.7 Å². The predicted octanol–water partition coefficient (Wildman–Crippen LogP) is 3.37. The average Bonchev–Trinajstić information content (AvgIpc) is 3.32. The second-order valence-corrected chi connectivity index (χ2v) is 7.12. The van der Waals surface area contributed by atoms with Gasteiger partial charge in [0, 0.05) is 36.1 Å². The van der Waals surface area contributed by atoms with E-state index in [4.69, 9.17) is 14.6 Å². The number of nitrogens with zero attached hydrogens (tertiary/aromatic N) is 3. The number of urea groups is 1. The van der Waals surface area contributed by atoms with Gasteiger partial charge in [0.05, 0.1) is 12.2 Å². The highest BCUT2D eigenvalue weighted by Gasteiger charge is 2.28. The van der Waals surface area contributed by atoms with E-state index in [0.717, 1.165) is 11.4 Å². The van der Waals surface area contributed by atoms with Crippen LogP contribution in [-0.2, 0) is 6.54 Å². The molecule has 0 radical (unpaired) electrons. The molecule has 0 spiro atoms. The molecule has 5 rings (SSSR count). The van der Waals surface area contributed by atoms with Crippen molar-refractivity contribution in [1.29, 1.82) is 0 Å². The number of benzene rings is 1. The molecule has 1 aliphatic carbocycles. The Bertz CT molecular complexity index is 1030. The highest BCUT2D eigenvalue weighted by atomic mass is 16.7. The lowest BCUT2D eigenvalue weighted by Crippen LogP contribution is -2.31. The Morgan fingerprint density at radius 2 is 2.00 bits per heavy atom. The summed E-state index contributed by atoms with van der Waals surface area (Å²) in [5.41, 5.74) is 3.60. The number of anilines is 1. The van der Waals surface area contributed by atoms with Crippen molar-refractivity contribution in [3.63, 3.8) is 0 Å². The van der Waals surface area contributed by atoms with Crippen LogP contribution >= 0.6 is 0 Å². The Balaban J connectivity index is 1.20. The fourth-order valence-electron chi connectivity index (χ4n) is 3.38. The zero-order chi connectivity index (χ0) is 19.6. The van der Waals surface area contributed by atoms with Crippen molar-refractivity contribution in [3.8, 4) is 22.9 Å². The quantitative estimate of drug-likeness (QED) is 0.672. The average molecular weight is 391 g/mol. The summed E-state index contributed by atoms with van der Waals surface area (Å²) in [6.45, 7) is 1.28. The van der Waals surface area contributed by atoms with Crippen molar-refractivity contribution in [2.45, 2.75) is 25.3 Å². The minimum atomic E-state index is -0.269. The lowest BCUT2D eigenvalue weighted by atomic mass is 10.2. The number of nitrogens with one attached hydrogen (secondary N) is 2. The van der Waals surface area contributed by atoms with E-state index >= 15 is 0 Å². The Kier molecular flexibility index (Phi) is 4.51. The molecule has 1 aliphatic heterocycles. The summed E-state index contributed by atoms with van der Waals surface area (Å²) in [6.07, 6.45) is 4.14. The molecule has 3 aromatic rings. The molecule has 2 aromatic heterocycles. The smallest absolute Gasteiger partial charge is 0.319 e. The number of rotatable bonds is 6. The molecule has 2 aliphatic rings. The maximum absolute atomic E-state index is 12.2. The van der Waals surface area contributed by atoms with Crippen molar-refractivity contribution in [2.24, 2.45) is 0 Å². The highest BCUT2D eigenvalue weighted by Crippen LogP contribution is 2.41. The highest BCUT2D eigenvalue weighted by molar-refractivity contribution is 5.89. The van der Waals surface area contributed by atoms with Gasteiger partial charge in [-0.3, -0.25) is 9.67 Å². The molecule has 0 saturated heterocycles. The third-order valence-corrected chi connectivity index (χ3v) is 4.97. The molecular formula is C21H21N5O3. The van der Waals surface area contributed by atoms with Crippen molar-refractivity contribution < 1.29 is 14.3 Å². The number of hydrogen-bond acceptors (Lipinski definition) is 5. The molecule has 2 N–H and O–H groups in total. The molecule has 0 unspecified atom stereocenters. The van der Waals surface area contributed by atoms with Crippen molar-refractivity contribution in [2.75, 3.05) is 18.7 Å². The van der Waals surface area contributed by atoms with Crippen LogP contribution in [0.15, 0.2) is 48.7 Å². The van der Waals surface area contributed by atoms with Gasteiger partial charge in [-0.2, -0.15) is 5.10 Å². The molecule has 148 valence electrons. The summed E-state index contributed by atoms with van der Waals surface area (Å²) >= 11 is 0. The maximum atomic E-state index is 12.2. The molecule has 29 heavy (non-hydrogen) atoms. The van der Waals surface area contributed by atoms with Gasteiger partial charge in [0.2, 0.25) is 6.79 Å². The van der Waals surface area contributed by atoms with Crippen LogP contribution in [0.5, 0.6) is 11.5 Å². The fraction of sp³-hybridized carbons (Fsp3) is 0.286. The molecule has 2 amide bonds. The van der Waals surface area contributed by atoms with Gasteiger partial charge in [0.25, 0.3) is 0 Å². The number of aromatic nitrogens is 3. The first-order valence-corrected chi connectivity index (χ1v) is 9.70. The lowest BCUT2D eigenvalue weighted by molar-refractivity contribution is 0.174. The molecule has 0 bridgehead atoms. The maximum Gasteiger partial charge on any atom is 0.319 e. The van der Waals surface area contributed by atoms with Crippen LogP contribution in [-0.4, -0.2) is 34.1 Å².